The molecular formula is C14H13NO5S2. The second-order valence-corrected chi connectivity index (χ2v) is 7.84. The first kappa shape index (κ1) is 15.1. The van der Waals surface area contributed by atoms with Crippen molar-refractivity contribution in [2.24, 2.45) is 5.92 Å². The number of fused-ring (bicyclic) bond motifs is 2. The van der Waals surface area contributed by atoms with Crippen molar-refractivity contribution in [3.63, 3.8) is 0 Å². The van der Waals surface area contributed by atoms with Crippen LogP contribution in [0.15, 0.2) is 29.2 Å². The highest BCUT2D eigenvalue weighted by Gasteiger charge is 2.46. The maximum Gasteiger partial charge on any atom is 0.317 e. The molecule has 1 unspecified atom stereocenters. The molecule has 0 saturated carbocycles. The first-order valence-electron chi connectivity index (χ1n) is 6.47. The number of rotatable bonds is 1. The molecule has 2 heterocycles. The second kappa shape index (κ2) is 5.13. The Bertz CT molecular complexity index is 812. The zero-order chi connectivity index (χ0) is 16.1. The molecular weight excluding hydrogens is 326 g/mol. The fourth-order valence-corrected chi connectivity index (χ4v) is 5.65. The number of sulfonamides is 1. The van der Waals surface area contributed by atoms with Crippen LogP contribution in [0.3, 0.4) is 0 Å². The molecule has 0 aromatic heterocycles. The topological polar surface area (TPSA) is 80.8 Å². The van der Waals surface area contributed by atoms with Gasteiger partial charge in [0, 0.05) is 23.3 Å². The van der Waals surface area contributed by atoms with Gasteiger partial charge in [0.25, 0.3) is 10.0 Å². The Morgan fingerprint density at radius 1 is 1.36 bits per heavy atom. The molecule has 0 saturated heterocycles. The van der Waals surface area contributed by atoms with Gasteiger partial charge in [-0.1, -0.05) is 18.2 Å². The van der Waals surface area contributed by atoms with Crippen molar-refractivity contribution in [1.29, 1.82) is 0 Å². The number of esters is 1. The van der Waals surface area contributed by atoms with Gasteiger partial charge in [-0.25, -0.2) is 8.42 Å². The summed E-state index contributed by atoms with van der Waals surface area (Å²) in [7, 11) is -1.38. The number of hydrogen-bond donors (Lipinski definition) is 0. The van der Waals surface area contributed by atoms with Gasteiger partial charge in [-0.15, -0.1) is 11.8 Å². The van der Waals surface area contributed by atoms with Crippen molar-refractivity contribution in [3.05, 3.63) is 34.7 Å². The first-order chi connectivity index (χ1) is 10.4. The Kier molecular flexibility index (Phi) is 3.53. The van der Waals surface area contributed by atoms with E-state index in [1.165, 1.54) is 25.9 Å². The third kappa shape index (κ3) is 1.98. The van der Waals surface area contributed by atoms with Crippen molar-refractivity contribution < 1.29 is 22.7 Å². The quantitative estimate of drug-likeness (QED) is 0.566. The summed E-state index contributed by atoms with van der Waals surface area (Å²) < 4.78 is 31.0. The molecule has 1 aromatic carbocycles. The Balaban J connectivity index is 2.24. The summed E-state index contributed by atoms with van der Waals surface area (Å²) in [4.78, 5) is 24.4. The average Bonchev–Trinajstić information content (AvgIpc) is 2.51. The van der Waals surface area contributed by atoms with Crippen LogP contribution in [-0.2, 0) is 24.3 Å². The fourth-order valence-electron chi connectivity index (χ4n) is 2.55. The summed E-state index contributed by atoms with van der Waals surface area (Å²) in [5.74, 6) is -2.30. The maximum atomic E-state index is 12.7. The highest BCUT2D eigenvalue weighted by molar-refractivity contribution is 8.10. The first-order valence-corrected chi connectivity index (χ1v) is 8.89. The molecule has 0 fully saturated rings. The van der Waals surface area contributed by atoms with Crippen LogP contribution in [0, 0.1) is 5.92 Å². The number of benzene rings is 1. The molecule has 2 aliphatic rings. The Morgan fingerprint density at radius 2 is 2.05 bits per heavy atom. The lowest BCUT2D eigenvalue weighted by Gasteiger charge is -2.33. The third-order valence-corrected chi connectivity index (χ3v) is 6.91. The van der Waals surface area contributed by atoms with E-state index in [1.54, 1.807) is 24.3 Å². The van der Waals surface area contributed by atoms with Crippen LogP contribution in [0.2, 0.25) is 0 Å². The molecule has 0 amide bonds. The molecule has 8 heteroatoms. The van der Waals surface area contributed by atoms with E-state index in [0.29, 0.717) is 16.2 Å². The minimum Gasteiger partial charge on any atom is -0.468 e. The Labute approximate surface area is 132 Å². The van der Waals surface area contributed by atoms with Gasteiger partial charge in [0.2, 0.25) is 0 Å². The number of para-hydroxylation sites is 1. The number of allylic oxidation sites excluding steroid dienone is 1. The van der Waals surface area contributed by atoms with E-state index in [4.69, 9.17) is 0 Å². The lowest BCUT2D eigenvalue weighted by molar-refractivity contribution is -0.147. The van der Waals surface area contributed by atoms with Gasteiger partial charge in [-0.2, -0.15) is 0 Å². The number of Topliss-reactive ketones (excluding diaryl/α,β-unsaturated/α-hetero) is 1. The monoisotopic (exact) mass is 339 g/mol. The standard InChI is InChI=1S/C14H13NO5S2/c1-15-10-6-4-3-5-8(10)12-13(22(15,18)19)11(16)9(7-21-12)14(17)20-2/h3-6,9H,7H2,1-2H3. The lowest BCUT2D eigenvalue weighted by atomic mass is 10.0. The van der Waals surface area contributed by atoms with Gasteiger partial charge in [-0.3, -0.25) is 13.9 Å². The second-order valence-electron chi connectivity index (χ2n) is 4.90. The molecule has 6 nitrogen and oxygen atoms in total. The molecule has 0 bridgehead atoms. The van der Waals surface area contributed by atoms with Gasteiger partial charge >= 0.3 is 5.97 Å². The summed E-state index contributed by atoms with van der Waals surface area (Å²) in [6, 6.07) is 6.98. The number of hydrogen-bond acceptors (Lipinski definition) is 6. The molecule has 0 radical (unpaired) electrons. The minimum atomic E-state index is -3.96. The van der Waals surface area contributed by atoms with Crippen molar-refractivity contribution in [2.45, 2.75) is 0 Å². The van der Waals surface area contributed by atoms with Gasteiger partial charge in [-0.05, 0) is 6.07 Å². The Morgan fingerprint density at radius 3 is 2.73 bits per heavy atom. The maximum absolute atomic E-state index is 12.7. The van der Waals surface area contributed by atoms with E-state index >= 15 is 0 Å². The molecule has 1 atom stereocenters. The average molecular weight is 339 g/mol. The molecule has 0 N–H and O–H groups in total. The minimum absolute atomic E-state index is 0.178. The van der Waals surface area contributed by atoms with Gasteiger partial charge < -0.3 is 4.74 Å². The van der Waals surface area contributed by atoms with Crippen molar-refractivity contribution >= 4 is 44.1 Å². The zero-order valence-corrected chi connectivity index (χ0v) is 13.5. The summed E-state index contributed by atoms with van der Waals surface area (Å²) in [5.41, 5.74) is 1.22. The van der Waals surface area contributed by atoms with Crippen LogP contribution in [0.4, 0.5) is 5.69 Å². The zero-order valence-electron chi connectivity index (χ0n) is 11.9. The van der Waals surface area contributed by atoms with E-state index in [9.17, 15) is 18.0 Å². The van der Waals surface area contributed by atoms with E-state index < -0.39 is 27.7 Å². The Hall–Kier alpha value is -1.80. The van der Waals surface area contributed by atoms with Crippen LogP contribution < -0.4 is 4.31 Å². The molecule has 22 heavy (non-hydrogen) atoms. The SMILES string of the molecule is COC(=O)C1CSC2=C(C1=O)S(=O)(=O)N(C)c1ccccc12. The van der Waals surface area contributed by atoms with Crippen LogP contribution >= 0.6 is 11.8 Å². The number of ether oxygens (including phenoxy) is 1. The lowest BCUT2D eigenvalue weighted by Crippen LogP contribution is -2.41. The van der Waals surface area contributed by atoms with Crippen molar-refractivity contribution in [1.82, 2.24) is 0 Å². The predicted octanol–water partition coefficient (Wildman–Crippen LogP) is 1.24. The largest absolute Gasteiger partial charge is 0.468 e. The number of anilines is 1. The number of carbonyl (C=O) groups excluding carboxylic acids is 2. The van der Waals surface area contributed by atoms with Gasteiger partial charge in [0.15, 0.2) is 5.78 Å². The van der Waals surface area contributed by atoms with Gasteiger partial charge in [0.1, 0.15) is 10.8 Å². The third-order valence-electron chi connectivity index (χ3n) is 3.73. The van der Waals surface area contributed by atoms with Gasteiger partial charge in [0.05, 0.1) is 12.8 Å². The molecule has 0 aliphatic carbocycles. The molecule has 2 aliphatic heterocycles. The van der Waals surface area contributed by atoms with E-state index in [1.807, 2.05) is 0 Å². The molecule has 116 valence electrons. The number of carbonyl (C=O) groups is 2. The number of methoxy groups -OCH3 is 1. The highest BCUT2D eigenvalue weighted by Crippen LogP contribution is 2.48. The summed E-state index contributed by atoms with van der Waals surface area (Å²) >= 11 is 1.20. The molecule has 0 spiro atoms. The van der Waals surface area contributed by atoms with Crippen LogP contribution in [0.25, 0.3) is 4.91 Å². The fraction of sp³-hybridized carbons (Fsp3) is 0.286. The highest BCUT2D eigenvalue weighted by atomic mass is 32.2. The van der Waals surface area contributed by atoms with Crippen molar-refractivity contribution in [2.75, 3.05) is 24.2 Å². The summed E-state index contributed by atoms with van der Waals surface area (Å²) in [6.45, 7) is 0. The van der Waals surface area contributed by atoms with E-state index in [-0.39, 0.29) is 10.7 Å². The predicted molar refractivity (Wildman–Crippen MR) is 83.7 cm³/mol. The van der Waals surface area contributed by atoms with Crippen molar-refractivity contribution in [3.8, 4) is 0 Å². The molecule has 1 aromatic rings. The number of ketones is 1. The number of nitrogens with zero attached hydrogens (tertiary/aromatic N) is 1. The summed E-state index contributed by atoms with van der Waals surface area (Å²) in [5, 5.41) is 0. The number of thioether (sulfide) groups is 1. The summed E-state index contributed by atoms with van der Waals surface area (Å²) in [6.07, 6.45) is 0. The van der Waals surface area contributed by atoms with Crippen LogP contribution in [0.5, 0.6) is 0 Å². The van der Waals surface area contributed by atoms with Crippen LogP contribution in [-0.4, -0.2) is 40.1 Å². The smallest absolute Gasteiger partial charge is 0.317 e. The van der Waals surface area contributed by atoms with Crippen LogP contribution in [0.1, 0.15) is 5.56 Å². The molecule has 3 rings (SSSR count). The van der Waals surface area contributed by atoms with E-state index in [0.717, 1.165) is 4.31 Å². The van der Waals surface area contributed by atoms with E-state index in [2.05, 4.69) is 4.74 Å². The normalized spacial score (nSPS) is 22.9.